The highest BCUT2D eigenvalue weighted by molar-refractivity contribution is 6.33. The number of aliphatic hydroxyl groups excluding tert-OH is 1. The Bertz CT molecular complexity index is 1260. The maximum absolute atomic E-state index is 9.87. The molecule has 11 heteroatoms. The van der Waals surface area contributed by atoms with Gasteiger partial charge < -0.3 is 29.6 Å². The van der Waals surface area contributed by atoms with Crippen molar-refractivity contribution in [3.63, 3.8) is 0 Å². The highest BCUT2D eigenvalue weighted by atomic mass is 35.5. The third-order valence-corrected chi connectivity index (χ3v) is 5.91. The molecule has 0 saturated carbocycles. The van der Waals surface area contributed by atoms with Crippen LogP contribution in [-0.4, -0.2) is 67.9 Å². The summed E-state index contributed by atoms with van der Waals surface area (Å²) in [5.74, 6) is 0.511. The number of para-hydroxylation sites is 1. The topological polar surface area (TPSA) is 130 Å². The molecule has 4 N–H and O–H groups in total. The molecule has 10 nitrogen and oxygen atoms in total. The van der Waals surface area contributed by atoms with Crippen molar-refractivity contribution in [3.8, 4) is 6.01 Å². The number of nitrogens with one attached hydrogen (secondary N) is 3. The normalized spacial score (nSPS) is 25.4. The van der Waals surface area contributed by atoms with E-state index in [0.29, 0.717) is 41.2 Å². The zero-order valence-electron chi connectivity index (χ0n) is 16.2. The number of aromatic nitrogens is 5. The first-order valence-corrected chi connectivity index (χ1v) is 10.3. The summed E-state index contributed by atoms with van der Waals surface area (Å²) in [4.78, 5) is 12.0. The largest absolute Gasteiger partial charge is 0.456 e. The minimum Gasteiger partial charge on any atom is -0.456 e. The molecule has 2 fully saturated rings. The number of benzene rings is 1. The van der Waals surface area contributed by atoms with Crippen LogP contribution in [0.4, 0.5) is 5.82 Å². The Morgan fingerprint density at radius 2 is 2.06 bits per heavy atom. The third-order valence-electron chi connectivity index (χ3n) is 5.62. The van der Waals surface area contributed by atoms with Crippen molar-refractivity contribution in [1.29, 1.82) is 0 Å². The van der Waals surface area contributed by atoms with Gasteiger partial charge in [-0.25, -0.2) is 4.98 Å². The number of ether oxygens (including phenoxy) is 3. The summed E-state index contributed by atoms with van der Waals surface area (Å²) in [6.07, 6.45) is -1.67. The fourth-order valence-corrected chi connectivity index (χ4v) is 4.30. The first kappa shape index (κ1) is 18.8. The molecule has 4 atom stereocenters. The van der Waals surface area contributed by atoms with Gasteiger partial charge in [-0.05, 0) is 12.1 Å². The van der Waals surface area contributed by atoms with E-state index >= 15 is 0 Å². The fraction of sp³-hybridized carbons (Fsp3) is 0.350. The fourth-order valence-electron chi connectivity index (χ4n) is 4.08. The molecule has 0 spiro atoms. The van der Waals surface area contributed by atoms with Crippen LogP contribution in [0.25, 0.3) is 22.1 Å². The second-order valence-electron chi connectivity index (χ2n) is 7.62. The summed E-state index contributed by atoms with van der Waals surface area (Å²) in [6.45, 7) is 1.05. The quantitative estimate of drug-likeness (QED) is 0.369. The lowest BCUT2D eigenvalue weighted by molar-refractivity contribution is 0.00706. The molecule has 2 unspecified atom stereocenters. The van der Waals surface area contributed by atoms with E-state index in [-0.39, 0.29) is 24.9 Å². The van der Waals surface area contributed by atoms with E-state index in [1.165, 1.54) is 0 Å². The van der Waals surface area contributed by atoms with Crippen LogP contribution in [0.5, 0.6) is 6.01 Å². The molecule has 2 saturated heterocycles. The number of imidazole rings is 1. The van der Waals surface area contributed by atoms with Crippen LogP contribution in [0, 0.1) is 0 Å². The standard InChI is InChI=1S/C20H19ClN6O4/c21-10-5-12-19(24-18(10)22-6-13-9-3-1-2-4-11(9)26-27-13)25-20(23-12)31-15-8-30-16-14(28)7-29-17(15)16/h1-5,14-17,28H,6-8H2,(H,26,27)(H2,22,23,24,25)/t14-,15-,16?,17?/m1/s1. The van der Waals surface area contributed by atoms with Gasteiger partial charge in [0.15, 0.2) is 11.8 Å². The molecule has 6 rings (SSSR count). The molecular weight excluding hydrogens is 424 g/mol. The van der Waals surface area contributed by atoms with Gasteiger partial charge in [0.05, 0.1) is 41.5 Å². The monoisotopic (exact) mass is 442 g/mol. The maximum Gasteiger partial charge on any atom is 0.296 e. The number of hydrogen-bond acceptors (Lipinski definition) is 8. The van der Waals surface area contributed by atoms with Crippen molar-refractivity contribution in [2.45, 2.75) is 31.0 Å². The van der Waals surface area contributed by atoms with E-state index in [4.69, 9.17) is 25.8 Å². The van der Waals surface area contributed by atoms with E-state index in [1.807, 2.05) is 24.3 Å². The van der Waals surface area contributed by atoms with Gasteiger partial charge in [0.25, 0.3) is 6.01 Å². The number of halogens is 1. The van der Waals surface area contributed by atoms with Crippen molar-refractivity contribution in [1.82, 2.24) is 25.1 Å². The summed E-state index contributed by atoms with van der Waals surface area (Å²) in [6, 6.07) is 9.93. The summed E-state index contributed by atoms with van der Waals surface area (Å²) >= 11 is 6.42. The lowest BCUT2D eigenvalue weighted by atomic mass is 10.1. The van der Waals surface area contributed by atoms with Crippen LogP contribution in [-0.2, 0) is 16.0 Å². The molecule has 3 aromatic heterocycles. The highest BCUT2D eigenvalue weighted by Gasteiger charge is 2.48. The van der Waals surface area contributed by atoms with E-state index in [9.17, 15) is 5.11 Å². The van der Waals surface area contributed by atoms with Gasteiger partial charge >= 0.3 is 0 Å². The number of nitrogens with zero attached hydrogens (tertiary/aromatic N) is 3. The summed E-state index contributed by atoms with van der Waals surface area (Å²) in [5.41, 5.74) is 2.97. The Balaban J connectivity index is 1.20. The van der Waals surface area contributed by atoms with Crippen molar-refractivity contribution >= 4 is 39.5 Å². The van der Waals surface area contributed by atoms with E-state index < -0.39 is 6.10 Å². The average molecular weight is 443 g/mol. The summed E-state index contributed by atoms with van der Waals surface area (Å²) in [5, 5.41) is 21.9. The Morgan fingerprint density at radius 3 is 3.00 bits per heavy atom. The van der Waals surface area contributed by atoms with Gasteiger partial charge in [0, 0.05) is 5.39 Å². The number of anilines is 1. The van der Waals surface area contributed by atoms with E-state index in [1.54, 1.807) is 6.07 Å². The van der Waals surface area contributed by atoms with Crippen molar-refractivity contribution in [2.24, 2.45) is 0 Å². The number of aromatic amines is 2. The second kappa shape index (κ2) is 7.34. The van der Waals surface area contributed by atoms with Crippen LogP contribution in [0.15, 0.2) is 30.3 Å². The lowest BCUT2D eigenvalue weighted by Gasteiger charge is -2.15. The molecule has 0 amide bonds. The molecule has 31 heavy (non-hydrogen) atoms. The third kappa shape index (κ3) is 3.28. The Morgan fingerprint density at radius 1 is 1.19 bits per heavy atom. The predicted molar refractivity (Wildman–Crippen MR) is 112 cm³/mol. The maximum atomic E-state index is 9.87. The molecule has 0 aliphatic carbocycles. The van der Waals surface area contributed by atoms with Crippen LogP contribution in [0.1, 0.15) is 5.69 Å². The molecule has 0 bridgehead atoms. The molecule has 2 aliphatic rings. The Hall–Kier alpha value is -2.92. The number of fused-ring (bicyclic) bond motifs is 3. The van der Waals surface area contributed by atoms with E-state index in [0.717, 1.165) is 16.6 Å². The van der Waals surface area contributed by atoms with Crippen LogP contribution in [0.3, 0.4) is 0 Å². The predicted octanol–water partition coefficient (Wildman–Crippen LogP) is 2.01. The molecule has 5 heterocycles. The smallest absolute Gasteiger partial charge is 0.296 e. The minimum atomic E-state index is -0.629. The lowest BCUT2D eigenvalue weighted by Crippen LogP contribution is -2.34. The number of rotatable bonds is 5. The molecule has 160 valence electrons. The number of aliphatic hydroxyl groups is 1. The van der Waals surface area contributed by atoms with Crippen molar-refractivity contribution < 1.29 is 19.3 Å². The van der Waals surface area contributed by atoms with Crippen LogP contribution in [0.2, 0.25) is 5.02 Å². The zero-order chi connectivity index (χ0) is 20.9. The molecule has 2 aliphatic heterocycles. The molecule has 0 radical (unpaired) electrons. The minimum absolute atomic E-state index is 0.243. The van der Waals surface area contributed by atoms with Gasteiger partial charge in [-0.1, -0.05) is 29.8 Å². The van der Waals surface area contributed by atoms with Gasteiger partial charge in [-0.3, -0.25) is 5.10 Å². The number of pyridine rings is 1. The first-order chi connectivity index (χ1) is 15.2. The summed E-state index contributed by atoms with van der Waals surface area (Å²) < 4.78 is 17.1. The first-order valence-electron chi connectivity index (χ1n) is 9.96. The van der Waals surface area contributed by atoms with Gasteiger partial charge in [-0.2, -0.15) is 10.1 Å². The van der Waals surface area contributed by atoms with Crippen LogP contribution >= 0.6 is 11.6 Å². The Kier molecular flexibility index (Phi) is 4.46. The molecule has 1 aromatic carbocycles. The van der Waals surface area contributed by atoms with Gasteiger partial charge in [-0.15, -0.1) is 0 Å². The average Bonchev–Trinajstić information content (AvgIpc) is 3.52. The van der Waals surface area contributed by atoms with Gasteiger partial charge in [0.1, 0.15) is 24.1 Å². The second-order valence-corrected chi connectivity index (χ2v) is 8.03. The van der Waals surface area contributed by atoms with Crippen LogP contribution < -0.4 is 10.1 Å². The number of H-pyrrole nitrogens is 2. The van der Waals surface area contributed by atoms with E-state index in [2.05, 4.69) is 30.5 Å². The van der Waals surface area contributed by atoms with Gasteiger partial charge in [0.2, 0.25) is 0 Å². The van der Waals surface area contributed by atoms with Crippen molar-refractivity contribution in [2.75, 3.05) is 18.5 Å². The Labute approximate surface area is 180 Å². The molecular formula is C20H19ClN6O4. The molecule has 4 aromatic rings. The number of hydrogen-bond donors (Lipinski definition) is 4. The van der Waals surface area contributed by atoms with Crippen molar-refractivity contribution in [3.05, 3.63) is 41.0 Å². The SMILES string of the molecule is O[C@@H]1COC2C1OC[C@H]2Oc1nc2nc(NCc3[nH]nc4ccccc34)c(Cl)cc2[nH]1. The zero-order valence-corrected chi connectivity index (χ0v) is 17.0. The summed E-state index contributed by atoms with van der Waals surface area (Å²) in [7, 11) is 0. The highest BCUT2D eigenvalue weighted by Crippen LogP contribution is 2.31.